The molecule has 1 nitrogen and oxygen atoms in total. The monoisotopic (exact) mass is 501 g/mol. The molecule has 1 fully saturated rings. The highest BCUT2D eigenvalue weighted by molar-refractivity contribution is 5.73. The van der Waals surface area contributed by atoms with Crippen molar-refractivity contribution in [1.29, 1.82) is 0 Å². The number of nitrogens with one attached hydrogen (secondary N) is 1. The van der Waals surface area contributed by atoms with E-state index in [1.54, 1.807) is 0 Å². The maximum absolute atomic E-state index is 3.89. The molecular weight excluding hydrogens is 458 g/mol. The zero-order valence-corrected chi connectivity index (χ0v) is 24.3. The maximum atomic E-state index is 3.89. The van der Waals surface area contributed by atoms with Crippen molar-refractivity contribution >= 4 is 0 Å². The van der Waals surface area contributed by atoms with Gasteiger partial charge in [0.25, 0.3) is 0 Å². The Kier molecular flexibility index (Phi) is 7.34. The van der Waals surface area contributed by atoms with Crippen LogP contribution in [0.5, 0.6) is 0 Å². The van der Waals surface area contributed by atoms with Crippen molar-refractivity contribution in [2.45, 2.75) is 79.2 Å². The Morgan fingerprint density at radius 1 is 0.632 bits per heavy atom. The van der Waals surface area contributed by atoms with Crippen LogP contribution in [0.2, 0.25) is 0 Å². The summed E-state index contributed by atoms with van der Waals surface area (Å²) in [5, 5.41) is 3.89. The molecule has 4 aromatic carbocycles. The van der Waals surface area contributed by atoms with Crippen LogP contribution in [0.3, 0.4) is 0 Å². The molecule has 1 unspecified atom stereocenters. The Labute approximate surface area is 230 Å². The van der Waals surface area contributed by atoms with Crippen molar-refractivity contribution in [3.8, 4) is 22.3 Å². The predicted molar refractivity (Wildman–Crippen MR) is 164 cm³/mol. The molecule has 1 heterocycles. The molecule has 0 saturated carbocycles. The standard InChI is InChI=1S/C37H43N/c1-8-37(34-10-9-19-38-34,32-15-11-30(12-16-32)35-26(4)20-24(2)21-27(35)5)33-17-13-31(14-18-33)36-28(6)22-25(3)23-29(36)7/h11-18,20-23,34,38H,8-10,19H2,1-7H3. The average Bonchev–Trinajstić information content (AvgIpc) is 3.41. The van der Waals surface area contributed by atoms with Crippen LogP contribution in [0.15, 0.2) is 72.8 Å². The Balaban J connectivity index is 1.58. The number of aryl methyl sites for hydroxylation is 6. The van der Waals surface area contributed by atoms with Gasteiger partial charge in [0.15, 0.2) is 0 Å². The van der Waals surface area contributed by atoms with Gasteiger partial charge in [0.2, 0.25) is 0 Å². The fourth-order valence-corrected chi connectivity index (χ4v) is 7.47. The summed E-state index contributed by atoms with van der Waals surface area (Å²) in [6, 6.07) is 28.7. The molecule has 5 rings (SSSR count). The second-order valence-electron chi connectivity index (χ2n) is 11.7. The third kappa shape index (κ3) is 4.63. The van der Waals surface area contributed by atoms with Crippen molar-refractivity contribution in [2.75, 3.05) is 6.54 Å². The molecule has 38 heavy (non-hydrogen) atoms. The minimum absolute atomic E-state index is 0.0533. The third-order valence-corrected chi connectivity index (χ3v) is 8.94. The van der Waals surface area contributed by atoms with E-state index in [2.05, 4.69) is 127 Å². The van der Waals surface area contributed by atoms with Gasteiger partial charge >= 0.3 is 0 Å². The first-order valence-electron chi connectivity index (χ1n) is 14.4. The van der Waals surface area contributed by atoms with Gasteiger partial charge in [0, 0.05) is 11.5 Å². The van der Waals surface area contributed by atoms with Crippen LogP contribution in [0.25, 0.3) is 22.3 Å². The van der Waals surface area contributed by atoms with E-state index < -0.39 is 0 Å². The number of rotatable bonds is 6. The van der Waals surface area contributed by atoms with Crippen LogP contribution >= 0.6 is 0 Å². The van der Waals surface area contributed by atoms with E-state index in [1.165, 1.54) is 79.6 Å². The smallest absolute Gasteiger partial charge is 0.0353 e. The summed E-state index contributed by atoms with van der Waals surface area (Å²) in [6.07, 6.45) is 3.52. The second kappa shape index (κ2) is 10.5. The Bertz CT molecular complexity index is 1290. The molecule has 0 aromatic heterocycles. The van der Waals surface area contributed by atoms with Gasteiger partial charge in [-0.1, -0.05) is 90.8 Å². The molecule has 1 heteroatoms. The molecule has 1 saturated heterocycles. The number of benzene rings is 4. The van der Waals surface area contributed by atoms with Gasteiger partial charge in [-0.15, -0.1) is 0 Å². The molecular formula is C37H43N. The first-order valence-corrected chi connectivity index (χ1v) is 14.4. The minimum Gasteiger partial charge on any atom is -0.313 e. The minimum atomic E-state index is -0.0533. The predicted octanol–water partition coefficient (Wildman–Crippen LogP) is 9.32. The van der Waals surface area contributed by atoms with Gasteiger partial charge in [-0.05, 0) is 123 Å². The quantitative estimate of drug-likeness (QED) is 0.277. The fourth-order valence-electron chi connectivity index (χ4n) is 7.47. The van der Waals surface area contributed by atoms with Gasteiger partial charge in [0.05, 0.1) is 0 Å². The molecule has 1 aliphatic rings. The van der Waals surface area contributed by atoms with E-state index in [-0.39, 0.29) is 5.41 Å². The first-order chi connectivity index (χ1) is 18.2. The van der Waals surface area contributed by atoms with Crippen molar-refractivity contribution in [3.05, 3.63) is 117 Å². The zero-order valence-electron chi connectivity index (χ0n) is 24.3. The maximum Gasteiger partial charge on any atom is 0.0353 e. The lowest BCUT2D eigenvalue weighted by Crippen LogP contribution is -2.45. The van der Waals surface area contributed by atoms with Crippen molar-refractivity contribution in [3.63, 3.8) is 0 Å². The summed E-state index contributed by atoms with van der Waals surface area (Å²) in [4.78, 5) is 0. The van der Waals surface area contributed by atoms with E-state index in [9.17, 15) is 0 Å². The van der Waals surface area contributed by atoms with E-state index in [1.807, 2.05) is 0 Å². The lowest BCUT2D eigenvalue weighted by molar-refractivity contribution is 0.364. The van der Waals surface area contributed by atoms with E-state index >= 15 is 0 Å². The molecule has 0 radical (unpaired) electrons. The third-order valence-electron chi connectivity index (χ3n) is 8.94. The highest BCUT2D eigenvalue weighted by Crippen LogP contribution is 2.43. The lowest BCUT2D eigenvalue weighted by Gasteiger charge is -2.40. The number of hydrogen-bond acceptors (Lipinski definition) is 1. The largest absolute Gasteiger partial charge is 0.313 e. The summed E-state index contributed by atoms with van der Waals surface area (Å²) in [7, 11) is 0. The summed E-state index contributed by atoms with van der Waals surface area (Å²) in [6.45, 7) is 16.8. The highest BCUT2D eigenvalue weighted by Gasteiger charge is 2.41. The van der Waals surface area contributed by atoms with E-state index in [0.29, 0.717) is 6.04 Å². The van der Waals surface area contributed by atoms with Crippen LogP contribution in [0.1, 0.15) is 70.7 Å². The van der Waals surface area contributed by atoms with Crippen molar-refractivity contribution < 1.29 is 0 Å². The van der Waals surface area contributed by atoms with E-state index in [0.717, 1.165) is 13.0 Å². The number of hydrogen-bond donors (Lipinski definition) is 1. The molecule has 0 amide bonds. The molecule has 1 aliphatic heterocycles. The van der Waals surface area contributed by atoms with Gasteiger partial charge in [-0.2, -0.15) is 0 Å². The molecule has 0 spiro atoms. The van der Waals surface area contributed by atoms with E-state index in [4.69, 9.17) is 0 Å². The lowest BCUT2D eigenvalue weighted by atomic mass is 9.66. The highest BCUT2D eigenvalue weighted by atomic mass is 15.0. The summed E-state index contributed by atoms with van der Waals surface area (Å²) < 4.78 is 0. The van der Waals surface area contributed by atoms with Gasteiger partial charge in [-0.25, -0.2) is 0 Å². The van der Waals surface area contributed by atoms with Crippen molar-refractivity contribution in [1.82, 2.24) is 5.32 Å². The summed E-state index contributed by atoms with van der Waals surface area (Å²) >= 11 is 0. The van der Waals surface area contributed by atoms with Crippen LogP contribution in [-0.2, 0) is 5.41 Å². The molecule has 196 valence electrons. The van der Waals surface area contributed by atoms with Gasteiger partial charge < -0.3 is 5.32 Å². The molecule has 1 atom stereocenters. The van der Waals surface area contributed by atoms with Crippen LogP contribution in [0, 0.1) is 41.5 Å². The molecule has 4 aromatic rings. The zero-order chi connectivity index (χ0) is 27.0. The SMILES string of the molecule is CCC(c1ccc(-c2c(C)cc(C)cc2C)cc1)(c1ccc(-c2c(C)cc(C)cc2C)cc1)C1CCCN1. The summed E-state index contributed by atoms with van der Waals surface area (Å²) in [5.41, 5.74) is 16.2. The second-order valence-corrected chi connectivity index (χ2v) is 11.7. The van der Waals surface area contributed by atoms with Crippen LogP contribution < -0.4 is 5.32 Å². The van der Waals surface area contributed by atoms with Gasteiger partial charge in [-0.3, -0.25) is 0 Å². The van der Waals surface area contributed by atoms with Crippen molar-refractivity contribution in [2.24, 2.45) is 0 Å². The first kappa shape index (κ1) is 26.4. The summed E-state index contributed by atoms with van der Waals surface area (Å²) in [5.74, 6) is 0. The molecule has 0 aliphatic carbocycles. The van der Waals surface area contributed by atoms with Gasteiger partial charge in [0.1, 0.15) is 0 Å². The van der Waals surface area contributed by atoms with Crippen LogP contribution in [0.4, 0.5) is 0 Å². The molecule has 1 N–H and O–H groups in total. The normalized spacial score (nSPS) is 15.7. The Hall–Kier alpha value is -3.16. The van der Waals surface area contributed by atoms with Crippen LogP contribution in [-0.4, -0.2) is 12.6 Å². The average molecular weight is 502 g/mol. The Morgan fingerprint density at radius 2 is 1.03 bits per heavy atom. The fraction of sp³-hybridized carbons (Fsp3) is 0.351. The molecule has 0 bridgehead atoms. The topological polar surface area (TPSA) is 12.0 Å². The Morgan fingerprint density at radius 3 is 1.34 bits per heavy atom.